The van der Waals surface area contributed by atoms with Gasteiger partial charge in [0.05, 0.1) is 23.7 Å². The molecule has 0 bridgehead atoms. The molecule has 3 rings (SSSR count). The average Bonchev–Trinajstić information content (AvgIpc) is 2.87. The molecule has 0 radical (unpaired) electrons. The third kappa shape index (κ3) is 3.20. The minimum atomic E-state index is -0.110. The van der Waals surface area contributed by atoms with Gasteiger partial charge in [-0.2, -0.15) is 0 Å². The van der Waals surface area contributed by atoms with Gasteiger partial charge in [-0.15, -0.1) is 0 Å². The van der Waals surface area contributed by atoms with E-state index < -0.39 is 0 Å². The third-order valence-electron chi connectivity index (χ3n) is 3.77. The standard InChI is InChI=1S/C15H21N5O2/c1-10-17-13-3-2-11(8-14(13)18-10)19-15(21)20-6-7-22-12(9-20)4-5-16/h2-3,8,12H,4-7,9,16H2,1H3,(H,17,18)(H,19,21)/t12-/m0/s1. The van der Waals surface area contributed by atoms with Crippen LogP contribution in [0.25, 0.3) is 11.0 Å². The average molecular weight is 303 g/mol. The van der Waals surface area contributed by atoms with Crippen molar-refractivity contribution in [1.29, 1.82) is 0 Å². The van der Waals surface area contributed by atoms with Crippen LogP contribution in [0.3, 0.4) is 0 Å². The summed E-state index contributed by atoms with van der Waals surface area (Å²) in [5.41, 5.74) is 8.11. The van der Waals surface area contributed by atoms with Gasteiger partial charge in [-0.05, 0) is 38.1 Å². The lowest BCUT2D eigenvalue weighted by molar-refractivity contribution is -0.0146. The van der Waals surface area contributed by atoms with Gasteiger partial charge in [0.25, 0.3) is 0 Å². The van der Waals surface area contributed by atoms with Crippen LogP contribution < -0.4 is 11.1 Å². The van der Waals surface area contributed by atoms with E-state index in [1.54, 1.807) is 4.90 Å². The molecule has 0 unspecified atom stereocenters. The molecule has 7 nitrogen and oxygen atoms in total. The van der Waals surface area contributed by atoms with Crippen LogP contribution in [-0.4, -0.2) is 53.2 Å². The maximum absolute atomic E-state index is 12.4. The van der Waals surface area contributed by atoms with Gasteiger partial charge in [-0.1, -0.05) is 0 Å². The molecule has 1 aliphatic rings. The number of nitrogens with two attached hydrogens (primary N) is 1. The SMILES string of the molecule is Cc1nc2ccc(NC(=O)N3CCO[C@@H](CCN)C3)cc2[nH]1. The lowest BCUT2D eigenvalue weighted by Gasteiger charge is -2.32. The number of H-pyrrole nitrogens is 1. The van der Waals surface area contributed by atoms with Gasteiger partial charge in [-0.25, -0.2) is 9.78 Å². The summed E-state index contributed by atoms with van der Waals surface area (Å²) < 4.78 is 5.59. The predicted molar refractivity (Wildman–Crippen MR) is 84.8 cm³/mol. The number of imidazole rings is 1. The lowest BCUT2D eigenvalue weighted by atomic mass is 10.2. The van der Waals surface area contributed by atoms with Gasteiger partial charge in [-0.3, -0.25) is 0 Å². The van der Waals surface area contributed by atoms with E-state index in [2.05, 4.69) is 15.3 Å². The predicted octanol–water partition coefficient (Wildman–Crippen LogP) is 1.45. The molecule has 7 heteroatoms. The van der Waals surface area contributed by atoms with Crippen LogP contribution in [0.4, 0.5) is 10.5 Å². The Bertz CT molecular complexity index is 667. The van der Waals surface area contributed by atoms with Crippen molar-refractivity contribution in [3.05, 3.63) is 24.0 Å². The van der Waals surface area contributed by atoms with Crippen LogP contribution in [0.2, 0.25) is 0 Å². The van der Waals surface area contributed by atoms with Crippen molar-refractivity contribution >= 4 is 22.8 Å². The molecule has 1 atom stereocenters. The minimum absolute atomic E-state index is 0.0298. The zero-order valence-corrected chi connectivity index (χ0v) is 12.6. The second-order valence-electron chi connectivity index (χ2n) is 5.50. The summed E-state index contributed by atoms with van der Waals surface area (Å²) in [7, 11) is 0. The number of fused-ring (bicyclic) bond motifs is 1. The fourth-order valence-corrected chi connectivity index (χ4v) is 2.68. The van der Waals surface area contributed by atoms with Crippen molar-refractivity contribution < 1.29 is 9.53 Å². The number of morpholine rings is 1. The number of anilines is 1. The van der Waals surface area contributed by atoms with Gasteiger partial charge in [0.2, 0.25) is 0 Å². The van der Waals surface area contributed by atoms with Gasteiger partial charge in [0, 0.05) is 18.8 Å². The molecule has 4 N–H and O–H groups in total. The van der Waals surface area contributed by atoms with Crippen molar-refractivity contribution in [2.45, 2.75) is 19.4 Å². The number of ether oxygens (including phenoxy) is 1. The maximum atomic E-state index is 12.4. The highest BCUT2D eigenvalue weighted by Crippen LogP contribution is 2.18. The molecule has 1 aromatic heterocycles. The molecule has 1 aromatic carbocycles. The smallest absolute Gasteiger partial charge is 0.322 e. The van der Waals surface area contributed by atoms with Gasteiger partial charge >= 0.3 is 6.03 Å². The normalized spacial score (nSPS) is 18.6. The Hall–Kier alpha value is -2.12. The van der Waals surface area contributed by atoms with Crippen molar-refractivity contribution in [2.24, 2.45) is 5.73 Å². The number of carbonyl (C=O) groups is 1. The molecule has 1 aliphatic heterocycles. The summed E-state index contributed by atoms with van der Waals surface area (Å²) >= 11 is 0. The maximum Gasteiger partial charge on any atom is 0.322 e. The first kappa shape index (κ1) is 14.8. The fraction of sp³-hybridized carbons (Fsp3) is 0.467. The molecule has 118 valence electrons. The number of aromatic amines is 1. The molecule has 0 aliphatic carbocycles. The van der Waals surface area contributed by atoms with Gasteiger partial charge in [0.15, 0.2) is 0 Å². The van der Waals surface area contributed by atoms with Crippen LogP contribution in [-0.2, 0) is 4.74 Å². The molecule has 1 fully saturated rings. The van der Waals surface area contributed by atoms with E-state index in [-0.39, 0.29) is 12.1 Å². The number of aryl methyl sites for hydroxylation is 1. The fourth-order valence-electron chi connectivity index (χ4n) is 2.68. The first-order chi connectivity index (χ1) is 10.7. The number of hydrogen-bond donors (Lipinski definition) is 3. The number of urea groups is 1. The molecular formula is C15H21N5O2. The van der Waals surface area contributed by atoms with E-state index in [0.29, 0.717) is 26.2 Å². The van der Waals surface area contributed by atoms with Crippen LogP contribution in [0.15, 0.2) is 18.2 Å². The Morgan fingerprint density at radius 3 is 3.27 bits per heavy atom. The highest BCUT2D eigenvalue weighted by Gasteiger charge is 2.23. The molecule has 0 spiro atoms. The molecule has 1 saturated heterocycles. The number of benzene rings is 1. The number of nitrogens with one attached hydrogen (secondary N) is 2. The second kappa shape index (κ2) is 6.33. The summed E-state index contributed by atoms with van der Waals surface area (Å²) in [4.78, 5) is 21.6. The minimum Gasteiger partial charge on any atom is -0.374 e. The Morgan fingerprint density at radius 1 is 1.59 bits per heavy atom. The Kier molecular flexibility index (Phi) is 4.26. The first-order valence-electron chi connectivity index (χ1n) is 7.49. The third-order valence-corrected chi connectivity index (χ3v) is 3.77. The van der Waals surface area contributed by atoms with E-state index in [1.807, 2.05) is 25.1 Å². The largest absolute Gasteiger partial charge is 0.374 e. The quantitative estimate of drug-likeness (QED) is 0.799. The monoisotopic (exact) mass is 303 g/mol. The molecule has 2 amide bonds. The Morgan fingerprint density at radius 2 is 2.45 bits per heavy atom. The zero-order chi connectivity index (χ0) is 15.5. The number of nitrogens with zero attached hydrogens (tertiary/aromatic N) is 2. The van der Waals surface area contributed by atoms with Crippen LogP contribution >= 0.6 is 0 Å². The van der Waals surface area contributed by atoms with Crippen molar-refractivity contribution in [3.8, 4) is 0 Å². The Balaban J connectivity index is 1.66. The molecule has 2 heterocycles. The summed E-state index contributed by atoms with van der Waals surface area (Å²) in [6.07, 6.45) is 0.797. The molecule has 2 aromatic rings. The van der Waals surface area contributed by atoms with Crippen molar-refractivity contribution in [1.82, 2.24) is 14.9 Å². The Labute approximate surface area is 128 Å². The van der Waals surface area contributed by atoms with Gasteiger partial charge in [0.1, 0.15) is 5.82 Å². The highest BCUT2D eigenvalue weighted by atomic mass is 16.5. The summed E-state index contributed by atoms with van der Waals surface area (Å²) in [6.45, 7) is 4.20. The summed E-state index contributed by atoms with van der Waals surface area (Å²) in [5.74, 6) is 0.858. The van der Waals surface area contributed by atoms with Crippen LogP contribution in [0.1, 0.15) is 12.2 Å². The number of amides is 2. The summed E-state index contributed by atoms with van der Waals surface area (Å²) in [5, 5.41) is 2.93. The van der Waals surface area contributed by atoms with E-state index in [4.69, 9.17) is 10.5 Å². The molecular weight excluding hydrogens is 282 g/mol. The first-order valence-corrected chi connectivity index (χ1v) is 7.49. The lowest BCUT2D eigenvalue weighted by Crippen LogP contribution is -2.47. The molecule has 22 heavy (non-hydrogen) atoms. The van der Waals surface area contributed by atoms with Crippen LogP contribution in [0, 0.1) is 6.92 Å². The van der Waals surface area contributed by atoms with E-state index in [0.717, 1.165) is 29.0 Å². The number of carbonyl (C=O) groups excluding carboxylic acids is 1. The van der Waals surface area contributed by atoms with Crippen LogP contribution in [0.5, 0.6) is 0 Å². The van der Waals surface area contributed by atoms with E-state index >= 15 is 0 Å². The number of hydrogen-bond acceptors (Lipinski definition) is 4. The van der Waals surface area contributed by atoms with Crippen molar-refractivity contribution in [2.75, 3.05) is 31.6 Å². The van der Waals surface area contributed by atoms with E-state index in [1.165, 1.54) is 0 Å². The topological polar surface area (TPSA) is 96.3 Å². The number of rotatable bonds is 3. The summed E-state index contributed by atoms with van der Waals surface area (Å²) in [6, 6.07) is 5.54. The van der Waals surface area contributed by atoms with E-state index in [9.17, 15) is 4.79 Å². The zero-order valence-electron chi connectivity index (χ0n) is 12.6. The van der Waals surface area contributed by atoms with Gasteiger partial charge < -0.3 is 25.7 Å². The highest BCUT2D eigenvalue weighted by molar-refractivity contribution is 5.92. The second-order valence-corrected chi connectivity index (χ2v) is 5.50. The molecule has 0 saturated carbocycles. The van der Waals surface area contributed by atoms with Crippen molar-refractivity contribution in [3.63, 3.8) is 0 Å². The number of aromatic nitrogens is 2.